The van der Waals surface area contributed by atoms with Crippen molar-refractivity contribution in [2.45, 2.75) is 31.1 Å². The van der Waals surface area contributed by atoms with E-state index in [1.165, 1.54) is 12.1 Å². The van der Waals surface area contributed by atoms with Crippen molar-refractivity contribution in [1.82, 2.24) is 0 Å². The number of rotatable bonds is 9. The Morgan fingerprint density at radius 3 is 2.24 bits per heavy atom. The van der Waals surface area contributed by atoms with Crippen LogP contribution < -0.4 is 9.46 Å². The van der Waals surface area contributed by atoms with Crippen LogP contribution in [-0.4, -0.2) is 19.9 Å². The van der Waals surface area contributed by atoms with Gasteiger partial charge in [0.1, 0.15) is 5.75 Å². The van der Waals surface area contributed by atoms with Crippen LogP contribution in [0.25, 0.3) is 0 Å². The Morgan fingerprint density at radius 2 is 1.68 bits per heavy atom. The fourth-order valence-electron chi connectivity index (χ4n) is 2.12. The average Bonchev–Trinajstić information content (AvgIpc) is 2.60. The molecule has 0 amide bonds. The molecule has 0 unspecified atom stereocenters. The number of nitrogens with one attached hydrogen (secondary N) is 1. The zero-order valence-corrected chi connectivity index (χ0v) is 14.7. The lowest BCUT2D eigenvalue weighted by Crippen LogP contribution is -2.12. The molecule has 0 spiro atoms. The number of nitro groups is 1. The normalized spacial score (nSPS) is 11.1. The van der Waals surface area contributed by atoms with Gasteiger partial charge >= 0.3 is 0 Å². The number of hydrogen-bond donors (Lipinski definition) is 1. The van der Waals surface area contributed by atoms with E-state index in [0.717, 1.165) is 31.4 Å². The molecule has 0 heterocycles. The second kappa shape index (κ2) is 8.48. The summed E-state index contributed by atoms with van der Waals surface area (Å²) in [5, 5.41) is 10.6. The Bertz CT molecular complexity index is 802. The van der Waals surface area contributed by atoms with E-state index >= 15 is 0 Å². The summed E-state index contributed by atoms with van der Waals surface area (Å²) in [6.45, 7) is 2.74. The lowest BCUT2D eigenvalue weighted by molar-refractivity contribution is -0.384. The molecule has 2 rings (SSSR count). The van der Waals surface area contributed by atoms with Crippen molar-refractivity contribution in [3.63, 3.8) is 0 Å². The van der Waals surface area contributed by atoms with E-state index in [1.807, 2.05) is 0 Å². The van der Waals surface area contributed by atoms with Crippen molar-refractivity contribution in [3.05, 3.63) is 58.6 Å². The molecule has 134 valence electrons. The van der Waals surface area contributed by atoms with Crippen LogP contribution in [0.3, 0.4) is 0 Å². The van der Waals surface area contributed by atoms with E-state index in [-0.39, 0.29) is 10.6 Å². The Labute approximate surface area is 146 Å². The van der Waals surface area contributed by atoms with Gasteiger partial charge in [-0.05, 0) is 42.8 Å². The van der Waals surface area contributed by atoms with Crippen molar-refractivity contribution in [1.29, 1.82) is 0 Å². The number of non-ortho nitro benzene ring substituents is 1. The first-order valence-corrected chi connectivity index (χ1v) is 9.41. The number of anilines is 1. The quantitative estimate of drug-likeness (QED) is 0.412. The Kier molecular flexibility index (Phi) is 6.35. The molecule has 0 atom stereocenters. The molecule has 2 aromatic carbocycles. The molecule has 0 aromatic heterocycles. The molecular formula is C17H20N2O5S. The van der Waals surface area contributed by atoms with Gasteiger partial charge in [0.05, 0.1) is 16.4 Å². The number of nitrogens with zero attached hydrogens (tertiary/aromatic N) is 1. The van der Waals surface area contributed by atoms with Gasteiger partial charge in [0.2, 0.25) is 0 Å². The number of ether oxygens (including phenoxy) is 1. The van der Waals surface area contributed by atoms with Gasteiger partial charge in [-0.1, -0.05) is 19.8 Å². The molecule has 1 N–H and O–H groups in total. The second-order valence-electron chi connectivity index (χ2n) is 5.44. The van der Waals surface area contributed by atoms with Crippen molar-refractivity contribution in [2.75, 3.05) is 11.3 Å². The summed E-state index contributed by atoms with van der Waals surface area (Å²) >= 11 is 0. The van der Waals surface area contributed by atoms with Crippen LogP contribution in [0.2, 0.25) is 0 Å². The average molecular weight is 364 g/mol. The van der Waals surface area contributed by atoms with Crippen LogP contribution >= 0.6 is 0 Å². The van der Waals surface area contributed by atoms with E-state index in [4.69, 9.17) is 4.74 Å². The summed E-state index contributed by atoms with van der Waals surface area (Å²) in [6, 6.07) is 11.3. The molecular weight excluding hydrogens is 344 g/mol. The monoisotopic (exact) mass is 364 g/mol. The lowest BCUT2D eigenvalue weighted by atomic mass is 10.2. The molecule has 0 radical (unpaired) electrons. The van der Waals surface area contributed by atoms with E-state index in [9.17, 15) is 18.5 Å². The number of sulfonamides is 1. The minimum atomic E-state index is -3.81. The van der Waals surface area contributed by atoms with Crippen LogP contribution in [-0.2, 0) is 10.0 Å². The molecule has 0 saturated carbocycles. The van der Waals surface area contributed by atoms with E-state index in [0.29, 0.717) is 18.0 Å². The third kappa shape index (κ3) is 5.46. The summed E-state index contributed by atoms with van der Waals surface area (Å²) in [6.07, 6.45) is 3.20. The molecule has 25 heavy (non-hydrogen) atoms. The zero-order chi connectivity index (χ0) is 18.3. The minimum Gasteiger partial charge on any atom is -0.494 e. The van der Waals surface area contributed by atoms with E-state index in [2.05, 4.69) is 11.6 Å². The van der Waals surface area contributed by atoms with Crippen molar-refractivity contribution >= 4 is 21.4 Å². The maximum atomic E-state index is 12.3. The van der Waals surface area contributed by atoms with Crippen molar-refractivity contribution in [2.24, 2.45) is 0 Å². The number of unbranched alkanes of at least 4 members (excludes halogenated alkanes) is 2. The molecule has 8 heteroatoms. The molecule has 7 nitrogen and oxygen atoms in total. The number of nitro benzene ring substituents is 1. The number of benzene rings is 2. The first kappa shape index (κ1) is 18.7. The van der Waals surface area contributed by atoms with Crippen LogP contribution in [0.15, 0.2) is 53.4 Å². The van der Waals surface area contributed by atoms with Crippen LogP contribution in [0, 0.1) is 10.1 Å². The molecule has 0 aliphatic rings. The molecule has 0 fully saturated rings. The third-order valence-corrected chi connectivity index (χ3v) is 4.88. The van der Waals surface area contributed by atoms with Crippen LogP contribution in [0.1, 0.15) is 26.2 Å². The highest BCUT2D eigenvalue weighted by atomic mass is 32.2. The van der Waals surface area contributed by atoms with Gasteiger partial charge in [-0.25, -0.2) is 8.42 Å². The fourth-order valence-corrected chi connectivity index (χ4v) is 3.18. The predicted molar refractivity (Wildman–Crippen MR) is 95.4 cm³/mol. The zero-order valence-electron chi connectivity index (χ0n) is 13.8. The minimum absolute atomic E-state index is 0.0435. The highest BCUT2D eigenvalue weighted by Crippen LogP contribution is 2.21. The Morgan fingerprint density at radius 1 is 1.04 bits per heavy atom. The lowest BCUT2D eigenvalue weighted by Gasteiger charge is -2.10. The van der Waals surface area contributed by atoms with Crippen LogP contribution in [0.4, 0.5) is 11.4 Å². The highest BCUT2D eigenvalue weighted by Gasteiger charge is 2.16. The van der Waals surface area contributed by atoms with Gasteiger partial charge in [-0.15, -0.1) is 0 Å². The van der Waals surface area contributed by atoms with Crippen LogP contribution in [0.5, 0.6) is 5.75 Å². The molecule has 2 aromatic rings. The van der Waals surface area contributed by atoms with Gasteiger partial charge in [-0.2, -0.15) is 0 Å². The SMILES string of the molecule is CCCCCOc1ccc(NS(=O)(=O)c2ccc([N+](=O)[O-])cc2)cc1. The van der Waals surface area contributed by atoms with Gasteiger partial charge in [0.15, 0.2) is 0 Å². The standard InChI is InChI=1S/C17H20N2O5S/c1-2-3-4-13-24-16-9-5-14(6-10-16)18-25(22,23)17-11-7-15(8-12-17)19(20)21/h5-12,18H,2-4,13H2,1H3. The second-order valence-corrected chi connectivity index (χ2v) is 7.12. The van der Waals surface area contributed by atoms with Gasteiger partial charge in [0.25, 0.3) is 15.7 Å². The van der Waals surface area contributed by atoms with Crippen molar-refractivity contribution in [3.8, 4) is 5.75 Å². The molecule has 0 aliphatic carbocycles. The Balaban J connectivity index is 2.01. The molecule has 0 aliphatic heterocycles. The van der Waals surface area contributed by atoms with Gasteiger partial charge < -0.3 is 4.74 Å². The number of hydrogen-bond acceptors (Lipinski definition) is 5. The van der Waals surface area contributed by atoms with Gasteiger partial charge in [0, 0.05) is 17.8 Å². The summed E-state index contributed by atoms with van der Waals surface area (Å²) in [4.78, 5) is 10.0. The molecule has 0 saturated heterocycles. The predicted octanol–water partition coefficient (Wildman–Crippen LogP) is 3.96. The first-order valence-electron chi connectivity index (χ1n) is 7.92. The summed E-state index contributed by atoms with van der Waals surface area (Å²) in [5.74, 6) is 0.675. The summed E-state index contributed by atoms with van der Waals surface area (Å²) in [7, 11) is -3.81. The summed E-state index contributed by atoms with van der Waals surface area (Å²) < 4.78 is 32.6. The molecule has 0 bridgehead atoms. The Hall–Kier alpha value is -2.61. The maximum absolute atomic E-state index is 12.3. The van der Waals surface area contributed by atoms with Crippen molar-refractivity contribution < 1.29 is 18.1 Å². The summed E-state index contributed by atoms with van der Waals surface area (Å²) in [5.41, 5.74) is 0.225. The topological polar surface area (TPSA) is 98.5 Å². The fraction of sp³-hybridized carbons (Fsp3) is 0.294. The largest absolute Gasteiger partial charge is 0.494 e. The van der Waals surface area contributed by atoms with E-state index in [1.54, 1.807) is 24.3 Å². The smallest absolute Gasteiger partial charge is 0.269 e. The maximum Gasteiger partial charge on any atom is 0.269 e. The highest BCUT2D eigenvalue weighted by molar-refractivity contribution is 7.92. The first-order chi connectivity index (χ1) is 11.9. The van der Waals surface area contributed by atoms with Gasteiger partial charge in [-0.3, -0.25) is 14.8 Å². The van der Waals surface area contributed by atoms with E-state index < -0.39 is 14.9 Å². The third-order valence-electron chi connectivity index (χ3n) is 3.48.